The molecular formula is C29H29N5O3S. The van der Waals surface area contributed by atoms with Crippen molar-refractivity contribution < 1.29 is 14.7 Å². The lowest BCUT2D eigenvalue weighted by atomic mass is 9.87. The molecule has 0 aliphatic heterocycles. The van der Waals surface area contributed by atoms with E-state index in [1.54, 1.807) is 18.2 Å². The number of hydrazone groups is 1. The number of aryl methyl sites for hydroxylation is 1. The lowest BCUT2D eigenvalue weighted by molar-refractivity contribution is -0.118. The zero-order chi connectivity index (χ0) is 27.3. The van der Waals surface area contributed by atoms with Gasteiger partial charge in [-0.2, -0.15) is 5.10 Å². The first kappa shape index (κ1) is 26.8. The third kappa shape index (κ3) is 6.36. The Morgan fingerprint density at radius 1 is 1.00 bits per heavy atom. The molecule has 0 aliphatic rings. The second-order valence-corrected chi connectivity index (χ2v) is 10.7. The van der Waals surface area contributed by atoms with E-state index in [1.165, 1.54) is 29.6 Å². The van der Waals surface area contributed by atoms with Crippen LogP contribution in [0.25, 0.3) is 17.1 Å². The minimum Gasteiger partial charge on any atom is -0.478 e. The van der Waals surface area contributed by atoms with Crippen molar-refractivity contribution in [1.29, 1.82) is 0 Å². The van der Waals surface area contributed by atoms with Gasteiger partial charge in [-0.1, -0.05) is 92.7 Å². The molecule has 9 heteroatoms. The van der Waals surface area contributed by atoms with E-state index >= 15 is 0 Å². The average molecular weight is 528 g/mol. The van der Waals surface area contributed by atoms with Gasteiger partial charge in [-0.05, 0) is 36.1 Å². The van der Waals surface area contributed by atoms with Crippen LogP contribution in [0.2, 0.25) is 0 Å². The minimum atomic E-state index is -1.06. The summed E-state index contributed by atoms with van der Waals surface area (Å²) < 4.78 is 1.94. The maximum absolute atomic E-state index is 12.5. The fourth-order valence-corrected chi connectivity index (χ4v) is 4.48. The zero-order valence-electron chi connectivity index (χ0n) is 21.7. The Bertz CT molecular complexity index is 1470. The van der Waals surface area contributed by atoms with Crippen molar-refractivity contribution in [3.05, 3.63) is 95.1 Å². The summed E-state index contributed by atoms with van der Waals surface area (Å²) in [7, 11) is 0. The number of carbonyl (C=O) groups is 2. The predicted molar refractivity (Wildman–Crippen MR) is 150 cm³/mol. The van der Waals surface area contributed by atoms with Crippen LogP contribution in [-0.2, 0) is 10.2 Å². The first-order valence-corrected chi connectivity index (χ1v) is 13.0. The lowest BCUT2D eigenvalue weighted by Crippen LogP contribution is -2.20. The molecule has 1 aromatic heterocycles. The second kappa shape index (κ2) is 11.4. The highest BCUT2D eigenvalue weighted by molar-refractivity contribution is 7.99. The Morgan fingerprint density at radius 3 is 2.34 bits per heavy atom. The normalized spacial score (nSPS) is 11.6. The van der Waals surface area contributed by atoms with Gasteiger partial charge in [0, 0.05) is 16.8 Å². The quantitative estimate of drug-likeness (QED) is 0.178. The summed E-state index contributed by atoms with van der Waals surface area (Å²) in [5, 5.41) is 22.6. The van der Waals surface area contributed by atoms with E-state index in [0.29, 0.717) is 16.5 Å². The third-order valence-corrected chi connectivity index (χ3v) is 6.78. The van der Waals surface area contributed by atoms with E-state index in [-0.39, 0.29) is 22.6 Å². The zero-order valence-corrected chi connectivity index (χ0v) is 22.5. The number of benzene rings is 3. The number of carboxylic acid groups (broad SMARTS) is 1. The molecule has 4 rings (SSSR count). The van der Waals surface area contributed by atoms with Crippen LogP contribution in [0.3, 0.4) is 0 Å². The fourth-order valence-electron chi connectivity index (χ4n) is 3.74. The lowest BCUT2D eigenvalue weighted by Gasteiger charge is -2.19. The molecule has 4 aromatic rings. The van der Waals surface area contributed by atoms with Gasteiger partial charge in [0.15, 0.2) is 11.0 Å². The van der Waals surface area contributed by atoms with Crippen molar-refractivity contribution in [1.82, 2.24) is 20.2 Å². The summed E-state index contributed by atoms with van der Waals surface area (Å²) in [5.74, 6) is -0.687. The number of nitrogens with one attached hydrogen (secondary N) is 1. The van der Waals surface area contributed by atoms with Crippen molar-refractivity contribution in [2.24, 2.45) is 5.10 Å². The van der Waals surface area contributed by atoms with Crippen LogP contribution in [0, 0.1) is 6.92 Å². The Balaban J connectivity index is 1.54. The number of carboxylic acids is 1. The van der Waals surface area contributed by atoms with E-state index in [2.05, 4.69) is 53.6 Å². The third-order valence-electron chi connectivity index (χ3n) is 5.85. The molecule has 0 saturated heterocycles. The van der Waals surface area contributed by atoms with E-state index in [1.807, 2.05) is 47.9 Å². The minimum absolute atomic E-state index is 0.0374. The maximum Gasteiger partial charge on any atom is 0.336 e. The van der Waals surface area contributed by atoms with Crippen LogP contribution in [-0.4, -0.2) is 43.7 Å². The largest absolute Gasteiger partial charge is 0.478 e. The molecule has 2 N–H and O–H groups in total. The summed E-state index contributed by atoms with van der Waals surface area (Å²) in [6.45, 7) is 8.54. The van der Waals surface area contributed by atoms with Gasteiger partial charge in [0.1, 0.15) is 0 Å². The molecule has 8 nitrogen and oxygen atoms in total. The van der Waals surface area contributed by atoms with Gasteiger partial charge in [0.2, 0.25) is 0 Å². The van der Waals surface area contributed by atoms with Gasteiger partial charge in [0.25, 0.3) is 5.91 Å². The molecular weight excluding hydrogens is 498 g/mol. The van der Waals surface area contributed by atoms with Crippen molar-refractivity contribution in [3.8, 4) is 17.1 Å². The molecule has 3 aromatic carbocycles. The van der Waals surface area contributed by atoms with Gasteiger partial charge >= 0.3 is 5.97 Å². The standard InChI is InChI=1S/C29H29N5O3S/c1-19-9-15-23(16-10-19)34-26(20-11-13-22(14-12-20)29(2,3)4)32-33-28(34)38-18-25(35)31-30-17-21-7-5-6-8-24(21)27(36)37/h5-17H,18H2,1-4H3,(H,31,35)(H,36,37). The summed E-state index contributed by atoms with van der Waals surface area (Å²) in [4.78, 5) is 23.8. The number of thioether (sulfide) groups is 1. The molecule has 0 atom stereocenters. The first-order valence-electron chi connectivity index (χ1n) is 12.0. The van der Waals surface area contributed by atoms with Crippen molar-refractivity contribution in [2.75, 3.05) is 5.75 Å². The van der Waals surface area contributed by atoms with Crippen molar-refractivity contribution >= 4 is 29.9 Å². The summed E-state index contributed by atoms with van der Waals surface area (Å²) in [6, 6.07) is 22.8. The van der Waals surface area contributed by atoms with E-state index in [9.17, 15) is 14.7 Å². The fraction of sp³-hybridized carbons (Fsp3) is 0.207. The highest BCUT2D eigenvalue weighted by Gasteiger charge is 2.19. The number of aromatic carboxylic acids is 1. The average Bonchev–Trinajstić information content (AvgIpc) is 3.31. The molecule has 0 saturated carbocycles. The van der Waals surface area contributed by atoms with Crippen molar-refractivity contribution in [3.63, 3.8) is 0 Å². The predicted octanol–water partition coefficient (Wildman–Crippen LogP) is 5.48. The SMILES string of the molecule is Cc1ccc(-n2c(SCC(=O)NN=Cc3ccccc3C(=O)O)nnc2-c2ccc(C(C)(C)C)cc2)cc1. The van der Waals surface area contributed by atoms with Crippen LogP contribution >= 0.6 is 11.8 Å². The summed E-state index contributed by atoms with van der Waals surface area (Å²) in [6.07, 6.45) is 1.32. The number of rotatable bonds is 8. The second-order valence-electron chi connectivity index (χ2n) is 9.78. The number of nitrogens with zero attached hydrogens (tertiary/aromatic N) is 4. The number of amides is 1. The highest BCUT2D eigenvalue weighted by atomic mass is 32.2. The summed E-state index contributed by atoms with van der Waals surface area (Å²) in [5.41, 5.74) is 7.16. The molecule has 0 fully saturated rings. The van der Waals surface area contributed by atoms with Crippen molar-refractivity contribution in [2.45, 2.75) is 38.3 Å². The molecule has 0 radical (unpaired) electrons. The molecule has 0 unspecified atom stereocenters. The number of hydrogen-bond donors (Lipinski definition) is 2. The van der Waals surface area contributed by atoms with Gasteiger partial charge in [-0.3, -0.25) is 9.36 Å². The van der Waals surface area contributed by atoms with Crippen LogP contribution < -0.4 is 5.43 Å². The monoisotopic (exact) mass is 527 g/mol. The van der Waals surface area contributed by atoms with Crippen LogP contribution in [0.15, 0.2) is 83.1 Å². The smallest absolute Gasteiger partial charge is 0.336 e. The van der Waals surface area contributed by atoms with E-state index in [4.69, 9.17) is 0 Å². The van der Waals surface area contributed by atoms with Crippen LogP contribution in [0.5, 0.6) is 0 Å². The Hall–Kier alpha value is -4.24. The first-order chi connectivity index (χ1) is 18.1. The van der Waals surface area contributed by atoms with Gasteiger partial charge in [-0.15, -0.1) is 10.2 Å². The molecule has 194 valence electrons. The Kier molecular flexibility index (Phi) is 8.07. The molecule has 38 heavy (non-hydrogen) atoms. The Morgan fingerprint density at radius 2 is 1.68 bits per heavy atom. The van der Waals surface area contributed by atoms with E-state index in [0.717, 1.165) is 16.8 Å². The molecule has 0 bridgehead atoms. The van der Waals surface area contributed by atoms with Gasteiger partial charge in [0.05, 0.1) is 17.5 Å². The number of hydrogen-bond acceptors (Lipinski definition) is 6. The molecule has 1 amide bonds. The van der Waals surface area contributed by atoms with Gasteiger partial charge in [-0.25, -0.2) is 10.2 Å². The molecule has 1 heterocycles. The number of aromatic nitrogens is 3. The topological polar surface area (TPSA) is 109 Å². The number of carbonyl (C=O) groups excluding carboxylic acids is 1. The maximum atomic E-state index is 12.5. The van der Waals surface area contributed by atoms with Crippen LogP contribution in [0.4, 0.5) is 0 Å². The molecule has 0 aliphatic carbocycles. The van der Waals surface area contributed by atoms with Gasteiger partial charge < -0.3 is 5.11 Å². The van der Waals surface area contributed by atoms with E-state index < -0.39 is 5.97 Å². The van der Waals surface area contributed by atoms with Crippen LogP contribution in [0.1, 0.15) is 47.8 Å². The summed E-state index contributed by atoms with van der Waals surface area (Å²) >= 11 is 1.24. The Labute approximate surface area is 225 Å². The highest BCUT2D eigenvalue weighted by Crippen LogP contribution is 2.30. The molecule has 0 spiro atoms.